The average molecular weight is 231 g/mol. The Morgan fingerprint density at radius 2 is 2.29 bits per heavy atom. The Labute approximate surface area is 94.7 Å². The van der Waals surface area contributed by atoms with E-state index >= 15 is 0 Å². The Morgan fingerprint density at radius 1 is 1.47 bits per heavy atom. The van der Waals surface area contributed by atoms with Crippen LogP contribution in [-0.2, 0) is 0 Å². The predicted octanol–water partition coefficient (Wildman–Crippen LogP) is -0.506. The number of nitrogens with two attached hydrogens (primary N) is 1. The summed E-state index contributed by atoms with van der Waals surface area (Å²) >= 11 is 0. The molecule has 3 aromatic rings. The van der Waals surface area contributed by atoms with Crippen LogP contribution in [0.2, 0.25) is 0 Å². The third-order valence-electron chi connectivity index (χ3n) is 2.39. The molecule has 0 aromatic carbocycles. The molecule has 0 aliphatic carbocycles. The summed E-state index contributed by atoms with van der Waals surface area (Å²) in [5.74, 6) is 1.09. The second-order valence-electron chi connectivity index (χ2n) is 3.60. The number of nitrogen functional groups attached to an aromatic ring is 1. The first-order valence-electron chi connectivity index (χ1n) is 4.90. The van der Waals surface area contributed by atoms with E-state index in [0.717, 1.165) is 0 Å². The summed E-state index contributed by atoms with van der Waals surface area (Å²) in [4.78, 5) is 15.7. The van der Waals surface area contributed by atoms with Crippen LogP contribution in [0.5, 0.6) is 0 Å². The Kier molecular flexibility index (Phi) is 1.79. The normalized spacial score (nSPS) is 11.1. The first kappa shape index (κ1) is 9.58. The molecule has 8 heteroatoms. The summed E-state index contributed by atoms with van der Waals surface area (Å²) in [5.41, 5.74) is 6.31. The fourth-order valence-corrected chi connectivity index (χ4v) is 1.66. The Balaban J connectivity index is 2.29. The third kappa shape index (κ3) is 1.38. The van der Waals surface area contributed by atoms with Crippen molar-refractivity contribution in [1.82, 2.24) is 29.4 Å². The highest BCUT2D eigenvalue weighted by molar-refractivity contribution is 5.45. The lowest BCUT2D eigenvalue weighted by molar-refractivity contribution is 0.818. The maximum Gasteiger partial charge on any atom is 0.349 e. The largest absolute Gasteiger partial charge is 0.396 e. The summed E-state index contributed by atoms with van der Waals surface area (Å²) in [5, 5.41) is 10.3. The lowest BCUT2D eigenvalue weighted by Crippen LogP contribution is -2.14. The number of fused-ring (bicyclic) bond motifs is 1. The molecule has 17 heavy (non-hydrogen) atoms. The van der Waals surface area contributed by atoms with Crippen molar-refractivity contribution in [1.29, 1.82) is 0 Å². The summed E-state index contributed by atoms with van der Waals surface area (Å²) < 4.78 is 2.91. The van der Waals surface area contributed by atoms with Crippen LogP contribution in [0.4, 0.5) is 5.69 Å². The van der Waals surface area contributed by atoms with Crippen LogP contribution in [0.3, 0.4) is 0 Å². The summed E-state index contributed by atoms with van der Waals surface area (Å²) in [7, 11) is 0. The van der Waals surface area contributed by atoms with E-state index in [2.05, 4.69) is 20.3 Å². The molecular formula is C9H9N7O. The molecule has 0 aliphatic heterocycles. The van der Waals surface area contributed by atoms with Crippen molar-refractivity contribution < 1.29 is 0 Å². The van der Waals surface area contributed by atoms with E-state index in [9.17, 15) is 4.79 Å². The zero-order valence-corrected chi connectivity index (χ0v) is 8.95. The number of hydrogen-bond acceptors (Lipinski definition) is 5. The fourth-order valence-electron chi connectivity index (χ4n) is 1.66. The summed E-state index contributed by atoms with van der Waals surface area (Å²) in [6, 6.07) is 1.65. The number of nitrogens with one attached hydrogen (secondary N) is 1. The van der Waals surface area contributed by atoms with Crippen molar-refractivity contribution in [2.45, 2.75) is 6.92 Å². The van der Waals surface area contributed by atoms with Gasteiger partial charge in [0.1, 0.15) is 5.82 Å². The molecule has 3 N–H and O–H groups in total. The molecule has 0 radical (unpaired) electrons. The van der Waals surface area contributed by atoms with Crippen molar-refractivity contribution in [3.8, 4) is 5.82 Å². The lowest BCUT2D eigenvalue weighted by Gasteiger charge is -2.02. The van der Waals surface area contributed by atoms with Gasteiger partial charge < -0.3 is 5.73 Å². The van der Waals surface area contributed by atoms with Gasteiger partial charge in [0, 0.05) is 6.07 Å². The molecule has 0 aliphatic rings. The van der Waals surface area contributed by atoms with Crippen LogP contribution < -0.4 is 11.4 Å². The standard InChI is InChI=1S/C9H9N7O/c1-5-12-7(15-4-6(10)3-11-15)2-8-13-14-9(17)16(5)8/h2-4H,10H2,1H3,(H,14,17). The van der Waals surface area contributed by atoms with Gasteiger partial charge in [0.25, 0.3) is 0 Å². The Bertz CT molecular complexity index is 750. The molecule has 86 valence electrons. The number of hydrogen-bond donors (Lipinski definition) is 2. The lowest BCUT2D eigenvalue weighted by atomic mass is 10.5. The van der Waals surface area contributed by atoms with Gasteiger partial charge in [-0.25, -0.2) is 24.0 Å². The third-order valence-corrected chi connectivity index (χ3v) is 2.39. The van der Waals surface area contributed by atoms with Gasteiger partial charge in [-0.3, -0.25) is 0 Å². The van der Waals surface area contributed by atoms with E-state index < -0.39 is 0 Å². The van der Waals surface area contributed by atoms with Crippen molar-refractivity contribution in [3.63, 3.8) is 0 Å². The van der Waals surface area contributed by atoms with Gasteiger partial charge in [-0.15, -0.1) is 0 Å². The first-order chi connectivity index (χ1) is 8.15. The van der Waals surface area contributed by atoms with E-state index in [1.807, 2.05) is 0 Å². The predicted molar refractivity (Wildman–Crippen MR) is 59.9 cm³/mol. The molecule has 0 amide bonds. The number of H-pyrrole nitrogens is 1. The van der Waals surface area contributed by atoms with Crippen LogP contribution in [0, 0.1) is 6.92 Å². The monoisotopic (exact) mass is 231 g/mol. The quantitative estimate of drug-likeness (QED) is 0.586. The van der Waals surface area contributed by atoms with Crippen LogP contribution in [-0.4, -0.2) is 29.4 Å². The molecular weight excluding hydrogens is 222 g/mol. The molecule has 3 aromatic heterocycles. The minimum atomic E-state index is -0.309. The molecule has 0 saturated carbocycles. The molecule has 3 heterocycles. The van der Waals surface area contributed by atoms with Crippen molar-refractivity contribution in [3.05, 3.63) is 34.8 Å². The van der Waals surface area contributed by atoms with Gasteiger partial charge in [0.05, 0.1) is 18.1 Å². The van der Waals surface area contributed by atoms with Crippen molar-refractivity contribution in [2.24, 2.45) is 0 Å². The van der Waals surface area contributed by atoms with Gasteiger partial charge in [0.2, 0.25) is 0 Å². The van der Waals surface area contributed by atoms with E-state index in [1.54, 1.807) is 19.2 Å². The van der Waals surface area contributed by atoms with Crippen molar-refractivity contribution in [2.75, 3.05) is 5.73 Å². The minimum Gasteiger partial charge on any atom is -0.396 e. The van der Waals surface area contributed by atoms with E-state index in [4.69, 9.17) is 5.73 Å². The SMILES string of the molecule is Cc1nc(-n2cc(N)cn2)cc2n[nH]c(=O)n12. The number of aromatic amines is 1. The molecule has 0 saturated heterocycles. The van der Waals surface area contributed by atoms with Gasteiger partial charge in [-0.2, -0.15) is 10.2 Å². The smallest absolute Gasteiger partial charge is 0.349 e. The van der Waals surface area contributed by atoms with Crippen LogP contribution in [0.1, 0.15) is 5.82 Å². The number of rotatable bonds is 1. The second-order valence-corrected chi connectivity index (χ2v) is 3.60. The Morgan fingerprint density at radius 3 is 3.00 bits per heavy atom. The van der Waals surface area contributed by atoms with Crippen molar-refractivity contribution >= 4 is 11.3 Å². The van der Waals surface area contributed by atoms with Gasteiger partial charge in [-0.05, 0) is 6.92 Å². The fraction of sp³-hybridized carbons (Fsp3) is 0.111. The topological polar surface area (TPSA) is 107 Å². The first-order valence-corrected chi connectivity index (χ1v) is 4.90. The highest BCUT2D eigenvalue weighted by atomic mass is 16.1. The number of anilines is 1. The number of aryl methyl sites for hydroxylation is 1. The number of nitrogens with zero attached hydrogens (tertiary/aromatic N) is 5. The molecule has 0 unspecified atom stereocenters. The average Bonchev–Trinajstić information content (AvgIpc) is 2.86. The van der Waals surface area contributed by atoms with Gasteiger partial charge in [0.15, 0.2) is 11.5 Å². The molecule has 3 rings (SSSR count). The molecule has 8 nitrogen and oxygen atoms in total. The molecule has 0 spiro atoms. The van der Waals surface area contributed by atoms with Crippen LogP contribution >= 0.6 is 0 Å². The maximum absolute atomic E-state index is 11.4. The maximum atomic E-state index is 11.4. The minimum absolute atomic E-state index is 0.309. The van der Waals surface area contributed by atoms with Gasteiger partial charge in [-0.1, -0.05) is 0 Å². The summed E-state index contributed by atoms with van der Waals surface area (Å²) in [6.07, 6.45) is 3.17. The van der Waals surface area contributed by atoms with Crippen LogP contribution in [0.15, 0.2) is 23.3 Å². The molecule has 0 fully saturated rings. The van der Waals surface area contributed by atoms with E-state index in [-0.39, 0.29) is 5.69 Å². The zero-order valence-electron chi connectivity index (χ0n) is 8.95. The highest BCUT2D eigenvalue weighted by Gasteiger charge is 2.08. The van der Waals surface area contributed by atoms with Crippen LogP contribution in [0.25, 0.3) is 11.5 Å². The van der Waals surface area contributed by atoms with E-state index in [0.29, 0.717) is 23.0 Å². The second kappa shape index (κ2) is 3.17. The number of aromatic nitrogens is 6. The molecule has 0 bridgehead atoms. The molecule has 0 atom stereocenters. The highest BCUT2D eigenvalue weighted by Crippen LogP contribution is 2.09. The van der Waals surface area contributed by atoms with E-state index in [1.165, 1.54) is 15.3 Å². The summed E-state index contributed by atoms with van der Waals surface area (Å²) in [6.45, 7) is 1.72. The zero-order chi connectivity index (χ0) is 12.0. The van der Waals surface area contributed by atoms with Gasteiger partial charge >= 0.3 is 5.69 Å². The Hall–Kier alpha value is -2.64.